The Morgan fingerprint density at radius 2 is 2.31 bits per heavy atom. The third kappa shape index (κ3) is 2.68. The molecule has 3 nitrogen and oxygen atoms in total. The maximum absolute atomic E-state index is 5.57. The minimum Gasteiger partial charge on any atom is -0.271 e. The van der Waals surface area contributed by atoms with Crippen molar-refractivity contribution in [3.63, 3.8) is 0 Å². The van der Waals surface area contributed by atoms with Crippen molar-refractivity contribution in [2.45, 2.75) is 12.5 Å². The van der Waals surface area contributed by atoms with E-state index < -0.39 is 0 Å². The molecule has 2 heterocycles. The summed E-state index contributed by atoms with van der Waals surface area (Å²) < 4.78 is 1.13. The van der Waals surface area contributed by atoms with Gasteiger partial charge in [-0.3, -0.25) is 16.3 Å². The van der Waals surface area contributed by atoms with Gasteiger partial charge in [0.25, 0.3) is 0 Å². The Morgan fingerprint density at radius 3 is 2.88 bits per heavy atom. The molecule has 0 aliphatic heterocycles. The Labute approximate surface area is 107 Å². The lowest BCUT2D eigenvalue weighted by atomic mass is 10.1. The zero-order valence-electron chi connectivity index (χ0n) is 8.56. The normalized spacial score (nSPS) is 12.6. The Bertz CT molecular complexity index is 444. The summed E-state index contributed by atoms with van der Waals surface area (Å²) in [5.74, 6) is 5.57. The molecule has 2 aromatic rings. The Hall–Kier alpha value is -0.750. The highest BCUT2D eigenvalue weighted by Gasteiger charge is 2.13. The number of thiophene rings is 1. The van der Waals surface area contributed by atoms with Gasteiger partial charge in [-0.1, -0.05) is 6.07 Å². The van der Waals surface area contributed by atoms with Crippen molar-refractivity contribution >= 4 is 27.3 Å². The van der Waals surface area contributed by atoms with Crippen LogP contribution in [0.25, 0.3) is 0 Å². The van der Waals surface area contributed by atoms with E-state index in [1.165, 1.54) is 4.88 Å². The first-order chi connectivity index (χ1) is 7.81. The topological polar surface area (TPSA) is 50.9 Å². The average Bonchev–Trinajstić information content (AvgIpc) is 2.73. The number of hydrazine groups is 1. The van der Waals surface area contributed by atoms with Gasteiger partial charge in [0.15, 0.2) is 0 Å². The molecule has 0 fully saturated rings. The average molecular weight is 298 g/mol. The van der Waals surface area contributed by atoms with E-state index in [9.17, 15) is 0 Å². The largest absolute Gasteiger partial charge is 0.271 e. The van der Waals surface area contributed by atoms with E-state index in [1.54, 1.807) is 17.5 Å². The molecule has 0 aliphatic rings. The summed E-state index contributed by atoms with van der Waals surface area (Å²) in [7, 11) is 0. The summed E-state index contributed by atoms with van der Waals surface area (Å²) in [5.41, 5.74) is 3.77. The van der Waals surface area contributed by atoms with Crippen LogP contribution in [0.15, 0.2) is 40.3 Å². The van der Waals surface area contributed by atoms with Crippen LogP contribution in [-0.2, 0) is 6.42 Å². The zero-order chi connectivity index (χ0) is 11.4. The van der Waals surface area contributed by atoms with Crippen molar-refractivity contribution < 1.29 is 0 Å². The van der Waals surface area contributed by atoms with Gasteiger partial charge in [0.05, 0.1) is 11.7 Å². The number of nitrogens with two attached hydrogens (primary N) is 1. The minimum atomic E-state index is 0.0520. The van der Waals surface area contributed by atoms with Gasteiger partial charge in [0.2, 0.25) is 0 Å². The monoisotopic (exact) mass is 297 g/mol. The maximum atomic E-state index is 5.57. The molecule has 0 amide bonds. The van der Waals surface area contributed by atoms with Crippen molar-refractivity contribution in [1.82, 2.24) is 10.4 Å². The molecule has 0 spiro atoms. The highest BCUT2D eigenvalue weighted by molar-refractivity contribution is 9.10. The van der Waals surface area contributed by atoms with Gasteiger partial charge in [-0.2, -0.15) is 0 Å². The molecule has 0 aliphatic carbocycles. The van der Waals surface area contributed by atoms with Crippen molar-refractivity contribution in [1.29, 1.82) is 0 Å². The van der Waals surface area contributed by atoms with E-state index >= 15 is 0 Å². The Kier molecular flexibility index (Phi) is 4.06. The van der Waals surface area contributed by atoms with Crippen LogP contribution in [0.4, 0.5) is 0 Å². The molecule has 16 heavy (non-hydrogen) atoms. The summed E-state index contributed by atoms with van der Waals surface area (Å²) in [6.07, 6.45) is 2.62. The molecule has 2 aromatic heterocycles. The molecule has 1 unspecified atom stereocenters. The van der Waals surface area contributed by atoms with E-state index in [-0.39, 0.29) is 6.04 Å². The molecule has 2 rings (SSSR count). The first-order valence-electron chi connectivity index (χ1n) is 4.90. The van der Waals surface area contributed by atoms with Crippen LogP contribution in [-0.4, -0.2) is 4.98 Å². The maximum Gasteiger partial charge on any atom is 0.0680 e. The Morgan fingerprint density at radius 1 is 1.44 bits per heavy atom. The Balaban J connectivity index is 2.16. The molecule has 0 saturated carbocycles. The van der Waals surface area contributed by atoms with Gasteiger partial charge in [-0.15, -0.1) is 11.3 Å². The van der Waals surface area contributed by atoms with Crippen LogP contribution in [0.5, 0.6) is 0 Å². The highest BCUT2D eigenvalue weighted by atomic mass is 79.9. The molecule has 0 radical (unpaired) electrons. The number of nitrogens with zero attached hydrogens (tertiary/aromatic N) is 1. The number of nitrogens with one attached hydrogen (secondary N) is 1. The fourth-order valence-corrected chi connectivity index (χ4v) is 3.05. The van der Waals surface area contributed by atoms with E-state index in [2.05, 4.69) is 31.7 Å². The number of hydrogen-bond acceptors (Lipinski definition) is 4. The van der Waals surface area contributed by atoms with Gasteiger partial charge in [-0.05, 0) is 39.5 Å². The lowest BCUT2D eigenvalue weighted by Crippen LogP contribution is -2.30. The quantitative estimate of drug-likeness (QED) is 0.674. The van der Waals surface area contributed by atoms with Crippen LogP contribution in [0, 0.1) is 0 Å². The predicted molar refractivity (Wildman–Crippen MR) is 70.0 cm³/mol. The molecule has 3 N–H and O–H groups in total. The van der Waals surface area contributed by atoms with Gasteiger partial charge in [0.1, 0.15) is 0 Å². The summed E-state index contributed by atoms with van der Waals surface area (Å²) in [4.78, 5) is 5.58. The third-order valence-corrected chi connectivity index (χ3v) is 4.28. The number of rotatable bonds is 4. The lowest BCUT2D eigenvalue weighted by Gasteiger charge is -2.14. The van der Waals surface area contributed by atoms with Gasteiger partial charge < -0.3 is 0 Å². The summed E-state index contributed by atoms with van der Waals surface area (Å²) >= 11 is 5.24. The molecule has 84 valence electrons. The number of aromatic nitrogens is 1. The predicted octanol–water partition coefficient (Wildman–Crippen LogP) is 2.65. The molecule has 0 saturated heterocycles. The van der Waals surface area contributed by atoms with E-state index in [1.807, 2.05) is 24.3 Å². The van der Waals surface area contributed by atoms with E-state index in [0.29, 0.717) is 0 Å². The zero-order valence-corrected chi connectivity index (χ0v) is 11.0. The molecular formula is C11H12BrN3S. The summed E-state index contributed by atoms with van der Waals surface area (Å²) in [6.45, 7) is 0. The van der Waals surface area contributed by atoms with Crippen LogP contribution in [0.3, 0.4) is 0 Å². The van der Waals surface area contributed by atoms with Crippen molar-refractivity contribution in [3.05, 3.63) is 50.9 Å². The van der Waals surface area contributed by atoms with Gasteiger partial charge in [0, 0.05) is 22.0 Å². The molecule has 5 heteroatoms. The molecule has 0 bridgehead atoms. The van der Waals surface area contributed by atoms with Gasteiger partial charge >= 0.3 is 0 Å². The van der Waals surface area contributed by atoms with Crippen LogP contribution in [0.2, 0.25) is 0 Å². The fraction of sp³-hybridized carbons (Fsp3) is 0.182. The SMILES string of the molecule is NNC(Cc1sccc1Br)c1ccccn1. The highest BCUT2D eigenvalue weighted by Crippen LogP contribution is 2.27. The number of pyridine rings is 1. The van der Waals surface area contributed by atoms with Crippen molar-refractivity contribution in [3.8, 4) is 0 Å². The number of halogens is 1. The van der Waals surface area contributed by atoms with E-state index in [0.717, 1.165) is 16.6 Å². The summed E-state index contributed by atoms with van der Waals surface area (Å²) in [6, 6.07) is 7.95. The standard InChI is InChI=1S/C11H12BrN3S/c12-8-4-6-16-11(8)7-10(15-13)9-3-1-2-5-14-9/h1-6,10,15H,7,13H2. The van der Waals surface area contributed by atoms with E-state index in [4.69, 9.17) is 5.84 Å². The van der Waals surface area contributed by atoms with Crippen molar-refractivity contribution in [2.24, 2.45) is 5.84 Å². The minimum absolute atomic E-state index is 0.0520. The van der Waals surface area contributed by atoms with Crippen LogP contribution in [0.1, 0.15) is 16.6 Å². The van der Waals surface area contributed by atoms with Crippen LogP contribution < -0.4 is 11.3 Å². The van der Waals surface area contributed by atoms with Gasteiger partial charge in [-0.25, -0.2) is 0 Å². The first kappa shape index (κ1) is 11.7. The molecular weight excluding hydrogens is 286 g/mol. The second-order valence-corrected chi connectivity index (χ2v) is 5.22. The molecule has 1 atom stereocenters. The summed E-state index contributed by atoms with van der Waals surface area (Å²) in [5, 5.41) is 2.06. The number of hydrogen-bond donors (Lipinski definition) is 2. The first-order valence-corrected chi connectivity index (χ1v) is 6.57. The van der Waals surface area contributed by atoms with Crippen molar-refractivity contribution in [2.75, 3.05) is 0 Å². The second-order valence-electron chi connectivity index (χ2n) is 3.37. The molecule has 0 aromatic carbocycles. The smallest absolute Gasteiger partial charge is 0.0680 e. The van der Waals surface area contributed by atoms with Crippen LogP contribution >= 0.6 is 27.3 Å². The second kappa shape index (κ2) is 5.54. The lowest BCUT2D eigenvalue weighted by molar-refractivity contribution is 0.541. The third-order valence-electron chi connectivity index (χ3n) is 2.33. The fourth-order valence-electron chi connectivity index (χ4n) is 1.49.